The van der Waals surface area contributed by atoms with Crippen LogP contribution in [0.4, 0.5) is 26.7 Å². The fourth-order valence-electron chi connectivity index (χ4n) is 15.0. The van der Waals surface area contributed by atoms with E-state index >= 15 is 0 Å². The van der Waals surface area contributed by atoms with Crippen molar-refractivity contribution in [3.8, 4) is 5.75 Å². The number of non-ortho nitro benzene ring substituents is 1. The Bertz CT molecular complexity index is 4620. The molecular weight excluding hydrogens is 1720 g/mol. The molecule has 0 aliphatic carbocycles. The number of nitro groups is 1. The van der Waals surface area contributed by atoms with Crippen LogP contribution in [0.2, 0.25) is 0 Å². The van der Waals surface area contributed by atoms with Crippen LogP contribution in [0.5, 0.6) is 5.75 Å². The lowest BCUT2D eigenvalue weighted by Gasteiger charge is -2.41. The summed E-state index contributed by atoms with van der Waals surface area (Å²) in [6, 6.07) is 22.7. The minimum absolute atomic E-state index is 0.0226. The molecule has 4 aromatic carbocycles. The number of carbonyl (C=O) groups is 16. The quantitative estimate of drug-likeness (QED) is 0.00509. The van der Waals surface area contributed by atoms with Gasteiger partial charge in [-0.3, -0.25) is 67.6 Å². The van der Waals surface area contributed by atoms with Crippen molar-refractivity contribution >= 4 is 112 Å². The number of hydrogen-bond donors (Lipinski definition) is 8. The molecule has 8 N–H and O–H groups in total. The molecule has 1 aliphatic rings. The minimum atomic E-state index is -1.00. The molecule has 1 heterocycles. The van der Waals surface area contributed by atoms with Crippen LogP contribution in [0.15, 0.2) is 127 Å². The standard InChI is InChI=1S/C65H99N7O15.C31H36N4O11/c1-17-41(8)59(52(84-14)36-55(77)72-33-21-24-49(72)61(86-16)43(10)63(81)67-44(11)60(79)46-22-19-18-20-23-46)70(12)64(82)48(38(2)3)35-51(74)58(40(6)7)71(13)65(83)87-37-45-25-27-47(28-26-45)68-62(80)42(9)34-50(73)57(39(4)5)69-54(76)31-32-66-53(75)29-30-56(78)85-15;1-19(2)29(34-27(38)15-16-32-26(37)13-14-28(39)44-4)25(36)17-20(3)30(40)33-22-7-5-21(6-8-22)18-45-31(41)46-24-11-9-23(10-12-24)35(42)43/h18-20,22-23,25-30,38-44,48-49,52,57-61,79H,17,21,24,31-37H2,1-16H3,(H,66,75)(H,67,81)(H,68,80)(H,69,76);5-14,19-20,29H,15-18H2,1-4H3,(H,32,37)(H,33,40)(H,34,38)/b30-29+;14-13+/t41-,42+,43+,44+,48-,49-,52+,57-,58-,59-,60+,61+;20-,29+/m01/s1. The molecule has 1 aliphatic heterocycles. The van der Waals surface area contributed by atoms with Crippen molar-refractivity contribution in [2.24, 2.45) is 53.3 Å². The van der Waals surface area contributed by atoms with E-state index in [0.717, 1.165) is 24.3 Å². The summed E-state index contributed by atoms with van der Waals surface area (Å²) in [5.74, 6) is -10.4. The summed E-state index contributed by atoms with van der Waals surface area (Å²) in [7, 11) is 8.55. The first-order chi connectivity index (χ1) is 62.8. The third-order valence-electron chi connectivity index (χ3n) is 22.9. The van der Waals surface area contributed by atoms with Gasteiger partial charge < -0.3 is 90.2 Å². The first-order valence-electron chi connectivity index (χ1n) is 44.5. The Morgan fingerprint density at radius 2 is 1.03 bits per heavy atom. The third-order valence-corrected chi connectivity index (χ3v) is 22.9. The summed E-state index contributed by atoms with van der Waals surface area (Å²) in [5, 5.41) is 40.4. The van der Waals surface area contributed by atoms with Crippen LogP contribution in [-0.4, -0.2) is 230 Å². The van der Waals surface area contributed by atoms with Gasteiger partial charge in [0.05, 0.1) is 86.0 Å². The maximum atomic E-state index is 14.8. The Balaban J connectivity index is 0.000000673. The Morgan fingerprint density at radius 3 is 1.46 bits per heavy atom. The molecule has 730 valence electrons. The molecule has 14 atom stereocenters. The number of nitrogens with zero attached hydrogens (tertiary/aromatic N) is 4. The van der Waals surface area contributed by atoms with Crippen molar-refractivity contribution in [2.75, 3.05) is 72.8 Å². The number of likely N-dealkylation sites (tertiary alicyclic amines) is 1. The van der Waals surface area contributed by atoms with Crippen molar-refractivity contribution < 1.29 is 120 Å². The first-order valence-corrected chi connectivity index (χ1v) is 44.5. The van der Waals surface area contributed by atoms with Crippen LogP contribution in [0.3, 0.4) is 0 Å². The van der Waals surface area contributed by atoms with Crippen LogP contribution in [0, 0.1) is 63.4 Å². The number of esters is 2. The molecular formula is C96H135N11O26. The number of rotatable bonds is 51. The Kier molecular flexibility index (Phi) is 48.2. The van der Waals surface area contributed by atoms with Crippen molar-refractivity contribution in [3.63, 3.8) is 0 Å². The normalized spacial score (nSPS) is 15.4. The number of carbonyl (C=O) groups excluding carboxylic acids is 16. The number of likely N-dealkylation sites (N-methyl/N-ethyl adjacent to an activating group) is 2. The van der Waals surface area contributed by atoms with Gasteiger partial charge in [0.25, 0.3) is 5.69 Å². The summed E-state index contributed by atoms with van der Waals surface area (Å²) >= 11 is 0. The summed E-state index contributed by atoms with van der Waals surface area (Å²) in [6.07, 6.45) is 0.954. The predicted octanol–water partition coefficient (Wildman–Crippen LogP) is 9.80. The Morgan fingerprint density at radius 1 is 0.549 bits per heavy atom. The third kappa shape index (κ3) is 37.5. The van der Waals surface area contributed by atoms with E-state index in [2.05, 4.69) is 46.7 Å². The molecule has 0 spiro atoms. The number of amides is 10. The van der Waals surface area contributed by atoms with Gasteiger partial charge in [0.2, 0.25) is 53.2 Å². The van der Waals surface area contributed by atoms with Gasteiger partial charge in [-0.1, -0.05) is 151 Å². The van der Waals surface area contributed by atoms with E-state index in [1.807, 2.05) is 59.7 Å². The Hall–Kier alpha value is -12.6. The van der Waals surface area contributed by atoms with Crippen LogP contribution in [-0.2, 0) is 109 Å². The number of aliphatic hydroxyl groups excluding tert-OH is 1. The van der Waals surface area contributed by atoms with Crippen molar-refractivity contribution in [3.05, 3.63) is 154 Å². The zero-order valence-corrected chi connectivity index (χ0v) is 79.9. The van der Waals surface area contributed by atoms with Gasteiger partial charge in [-0.15, -0.1) is 0 Å². The highest BCUT2D eigenvalue weighted by Gasteiger charge is 2.45. The summed E-state index contributed by atoms with van der Waals surface area (Å²) in [5.41, 5.74) is 2.56. The fraction of sp³-hybridized carbons (Fsp3) is 0.542. The lowest BCUT2D eigenvalue weighted by molar-refractivity contribution is -0.384. The highest BCUT2D eigenvalue weighted by molar-refractivity contribution is 6.00. The van der Waals surface area contributed by atoms with Crippen LogP contribution < -0.4 is 42.0 Å². The topological polar surface area (TPSA) is 495 Å². The molecule has 37 heteroatoms. The molecule has 0 saturated carbocycles. The molecule has 5 rings (SSSR count). The molecule has 0 bridgehead atoms. The molecule has 0 aromatic heterocycles. The van der Waals surface area contributed by atoms with E-state index in [-0.39, 0.29) is 141 Å². The summed E-state index contributed by atoms with van der Waals surface area (Å²) in [6.45, 7) is 25.1. The second-order valence-corrected chi connectivity index (χ2v) is 34.4. The van der Waals surface area contributed by atoms with Crippen molar-refractivity contribution in [1.29, 1.82) is 0 Å². The molecule has 133 heavy (non-hydrogen) atoms. The molecule has 1 saturated heterocycles. The van der Waals surface area contributed by atoms with Gasteiger partial charge in [-0.2, -0.15) is 0 Å². The monoisotopic (exact) mass is 1860 g/mol. The number of ether oxygens (including phenoxy) is 7. The van der Waals surface area contributed by atoms with Crippen LogP contribution in [0.1, 0.15) is 178 Å². The average Bonchev–Trinajstić information content (AvgIpc) is 1.71. The number of aliphatic hydroxyl groups is 1. The Labute approximate surface area is 777 Å². The number of nitrogens with one attached hydrogen (secondary N) is 7. The second-order valence-electron chi connectivity index (χ2n) is 34.4. The van der Waals surface area contributed by atoms with Gasteiger partial charge in [-0.05, 0) is 102 Å². The van der Waals surface area contributed by atoms with E-state index in [9.17, 15) is 91.9 Å². The average molecular weight is 1860 g/mol. The minimum Gasteiger partial charge on any atom is -0.466 e. The van der Waals surface area contributed by atoms with Gasteiger partial charge in [-0.25, -0.2) is 19.2 Å². The van der Waals surface area contributed by atoms with Crippen molar-refractivity contribution in [2.45, 2.75) is 222 Å². The van der Waals surface area contributed by atoms with Crippen molar-refractivity contribution in [1.82, 2.24) is 41.3 Å². The zero-order chi connectivity index (χ0) is 99.6. The van der Waals surface area contributed by atoms with E-state index in [0.29, 0.717) is 53.9 Å². The number of methoxy groups -OCH3 is 4. The van der Waals surface area contributed by atoms with E-state index in [1.54, 1.807) is 133 Å². The largest absolute Gasteiger partial charge is 0.514 e. The maximum absolute atomic E-state index is 14.8. The molecule has 37 nitrogen and oxygen atoms in total. The molecule has 0 unspecified atom stereocenters. The molecule has 0 radical (unpaired) electrons. The molecule has 10 amide bonds. The number of Topliss-reactive ketones (excluding diaryl/α,β-unsaturated/α-hetero) is 3. The number of benzene rings is 4. The van der Waals surface area contributed by atoms with E-state index in [4.69, 9.17) is 23.7 Å². The molecule has 1 fully saturated rings. The lowest BCUT2D eigenvalue weighted by Crippen LogP contribution is -2.55. The summed E-state index contributed by atoms with van der Waals surface area (Å²) < 4.78 is 36.6. The van der Waals surface area contributed by atoms with Gasteiger partial charge >= 0.3 is 24.2 Å². The van der Waals surface area contributed by atoms with Gasteiger partial charge in [0, 0.05) is 146 Å². The van der Waals surface area contributed by atoms with E-state index < -0.39 is 143 Å². The molecule has 4 aromatic rings. The fourth-order valence-corrected chi connectivity index (χ4v) is 15.0. The smallest absolute Gasteiger partial charge is 0.466 e. The van der Waals surface area contributed by atoms with Gasteiger partial charge in [0.1, 0.15) is 19.0 Å². The summed E-state index contributed by atoms with van der Waals surface area (Å²) in [4.78, 5) is 221. The number of nitro benzene ring substituents is 1. The van der Waals surface area contributed by atoms with E-state index in [1.165, 1.54) is 64.7 Å². The first kappa shape index (κ1) is 113. The highest BCUT2D eigenvalue weighted by atomic mass is 16.7. The number of ketones is 3. The zero-order valence-electron chi connectivity index (χ0n) is 79.9. The second kappa shape index (κ2) is 56.9. The highest BCUT2D eigenvalue weighted by Crippen LogP contribution is 2.33. The van der Waals surface area contributed by atoms with Gasteiger partial charge in [0.15, 0.2) is 17.3 Å². The van der Waals surface area contributed by atoms with Crippen LogP contribution >= 0.6 is 0 Å². The number of hydrogen-bond acceptors (Lipinski definition) is 26. The maximum Gasteiger partial charge on any atom is 0.514 e. The lowest BCUT2D eigenvalue weighted by atomic mass is 9.83. The predicted molar refractivity (Wildman–Crippen MR) is 492 cm³/mol. The van der Waals surface area contributed by atoms with Crippen LogP contribution in [0.25, 0.3) is 0 Å². The number of anilines is 2. The SMILES string of the molecule is CC[C@H](C)[C@@H]([C@@H](CC(=O)N1CCC[C@H]1[C@H](OC)[C@@H](C)C(=O)N[C@H](C)[C@@H](O)c1ccccc1)OC)N(C)C(=O)[C@@H](CC(=O)[C@H](C(C)C)N(C)C(=O)OCc1ccc(NC(=O)[C@H](C)CC(=O)[C@@H](NC(=O)CCNC(=O)/C=C/C(=O)OC)C(C)C)cc1)C(C)C.COC(=O)/C=C/C(=O)NCCC(=O)N[C@H](C(=O)C[C@@H](C)C(=O)Nc1ccc(COC(=O)Oc2ccc([N+](=O)[O-])cc2)cc1)C(C)C.